The van der Waals surface area contributed by atoms with Gasteiger partial charge in [-0.1, -0.05) is 23.1 Å². The Morgan fingerprint density at radius 1 is 1.44 bits per heavy atom. The highest BCUT2D eigenvalue weighted by molar-refractivity contribution is 8.01. The summed E-state index contributed by atoms with van der Waals surface area (Å²) in [7, 11) is -3.24. The molecule has 0 unspecified atom stereocenters. The van der Waals surface area contributed by atoms with Gasteiger partial charge >= 0.3 is 0 Å². The minimum absolute atomic E-state index is 0.449. The van der Waals surface area contributed by atoms with Crippen LogP contribution in [0, 0.1) is 6.92 Å². The van der Waals surface area contributed by atoms with Crippen molar-refractivity contribution in [3.8, 4) is 0 Å². The number of rotatable bonds is 7. The lowest BCUT2D eigenvalue weighted by molar-refractivity contribution is -0.118. The molecular weight excluding hydrogens is 294 g/mol. The molecule has 0 atom stereocenters. The van der Waals surface area contributed by atoms with Gasteiger partial charge in [0.1, 0.15) is 10.8 Å². The standard InChI is InChI=1S/C9H15N3O3S3/c1-7-11-12-9(17-7)16-5-3-4-10-8(13)6-18(2,14)15/h3-6H2,1-2H3,(H,10,13). The zero-order valence-electron chi connectivity index (χ0n) is 10.2. The van der Waals surface area contributed by atoms with Crippen LogP contribution in [0.15, 0.2) is 4.34 Å². The van der Waals surface area contributed by atoms with Crippen molar-refractivity contribution in [3.05, 3.63) is 5.01 Å². The molecule has 0 radical (unpaired) electrons. The normalized spacial score (nSPS) is 11.4. The predicted molar refractivity (Wildman–Crippen MR) is 72.7 cm³/mol. The molecule has 0 saturated carbocycles. The molecule has 0 bridgehead atoms. The van der Waals surface area contributed by atoms with E-state index in [0.29, 0.717) is 6.54 Å². The highest BCUT2D eigenvalue weighted by Crippen LogP contribution is 2.21. The lowest BCUT2D eigenvalue weighted by Gasteiger charge is -2.03. The predicted octanol–water partition coefficient (Wildman–Crippen LogP) is 0.490. The Balaban J connectivity index is 2.10. The summed E-state index contributed by atoms with van der Waals surface area (Å²) in [6, 6.07) is 0. The maximum atomic E-state index is 11.2. The minimum atomic E-state index is -3.24. The van der Waals surface area contributed by atoms with Crippen LogP contribution in [0.25, 0.3) is 0 Å². The van der Waals surface area contributed by atoms with E-state index in [-0.39, 0.29) is 0 Å². The number of carbonyl (C=O) groups excluding carboxylic acids is 1. The summed E-state index contributed by atoms with van der Waals surface area (Å²) in [5.74, 6) is -0.0852. The van der Waals surface area contributed by atoms with E-state index in [0.717, 1.165) is 27.8 Å². The van der Waals surface area contributed by atoms with Gasteiger partial charge in [0.25, 0.3) is 0 Å². The van der Waals surface area contributed by atoms with Crippen LogP contribution in [0.4, 0.5) is 0 Å². The van der Waals surface area contributed by atoms with E-state index in [1.54, 1.807) is 11.8 Å². The van der Waals surface area contributed by atoms with Crippen molar-refractivity contribution in [1.82, 2.24) is 15.5 Å². The van der Waals surface area contributed by atoms with Gasteiger partial charge in [-0.05, 0) is 13.3 Å². The van der Waals surface area contributed by atoms with Crippen molar-refractivity contribution in [3.63, 3.8) is 0 Å². The zero-order valence-corrected chi connectivity index (χ0v) is 12.6. The number of thioether (sulfide) groups is 1. The first kappa shape index (κ1) is 15.4. The fourth-order valence-electron chi connectivity index (χ4n) is 1.09. The molecule has 0 saturated heterocycles. The number of aryl methyl sites for hydroxylation is 1. The number of sulfone groups is 1. The molecule has 0 aromatic carbocycles. The van der Waals surface area contributed by atoms with Gasteiger partial charge in [0.15, 0.2) is 14.2 Å². The second kappa shape index (κ2) is 7.05. The zero-order chi connectivity index (χ0) is 13.6. The molecular formula is C9H15N3O3S3. The Morgan fingerprint density at radius 2 is 2.17 bits per heavy atom. The van der Waals surface area contributed by atoms with Crippen molar-refractivity contribution in [2.75, 3.05) is 24.3 Å². The number of nitrogens with zero attached hydrogens (tertiary/aromatic N) is 2. The molecule has 1 N–H and O–H groups in total. The smallest absolute Gasteiger partial charge is 0.235 e. The van der Waals surface area contributed by atoms with Crippen molar-refractivity contribution < 1.29 is 13.2 Å². The van der Waals surface area contributed by atoms with Gasteiger partial charge in [-0.15, -0.1) is 10.2 Å². The molecule has 18 heavy (non-hydrogen) atoms. The van der Waals surface area contributed by atoms with Crippen LogP contribution in [0.1, 0.15) is 11.4 Å². The third-order valence-electron chi connectivity index (χ3n) is 1.77. The van der Waals surface area contributed by atoms with Crippen LogP contribution in [-0.4, -0.2) is 48.8 Å². The van der Waals surface area contributed by atoms with E-state index in [9.17, 15) is 13.2 Å². The average Bonchev–Trinajstić information content (AvgIpc) is 2.61. The molecule has 102 valence electrons. The third-order valence-corrected chi connectivity index (χ3v) is 4.61. The molecule has 0 fully saturated rings. The molecule has 1 amide bonds. The largest absolute Gasteiger partial charge is 0.355 e. The summed E-state index contributed by atoms with van der Waals surface area (Å²) < 4.78 is 22.6. The highest BCUT2D eigenvalue weighted by Gasteiger charge is 2.09. The van der Waals surface area contributed by atoms with Gasteiger partial charge in [0.2, 0.25) is 5.91 Å². The Morgan fingerprint density at radius 3 is 2.72 bits per heavy atom. The molecule has 9 heteroatoms. The second-order valence-corrected chi connectivity index (χ2v) is 8.37. The quantitative estimate of drug-likeness (QED) is 0.582. The van der Waals surface area contributed by atoms with Crippen molar-refractivity contribution in [1.29, 1.82) is 0 Å². The maximum absolute atomic E-state index is 11.2. The Kier molecular flexibility index (Phi) is 6.03. The van der Waals surface area contributed by atoms with Crippen molar-refractivity contribution in [2.45, 2.75) is 17.7 Å². The van der Waals surface area contributed by atoms with E-state index >= 15 is 0 Å². The summed E-state index contributed by atoms with van der Waals surface area (Å²) >= 11 is 3.12. The van der Waals surface area contributed by atoms with Gasteiger partial charge in [0, 0.05) is 18.6 Å². The lowest BCUT2D eigenvalue weighted by Crippen LogP contribution is -2.30. The van der Waals surface area contributed by atoms with Gasteiger partial charge in [0.05, 0.1) is 0 Å². The number of nitrogens with one attached hydrogen (secondary N) is 1. The van der Waals surface area contributed by atoms with Crippen LogP contribution in [0.5, 0.6) is 0 Å². The maximum Gasteiger partial charge on any atom is 0.235 e. The summed E-state index contributed by atoms with van der Waals surface area (Å²) in [6.07, 6.45) is 1.80. The van der Waals surface area contributed by atoms with Crippen LogP contribution in [0.2, 0.25) is 0 Å². The number of hydrogen-bond acceptors (Lipinski definition) is 7. The monoisotopic (exact) mass is 309 g/mol. The van der Waals surface area contributed by atoms with Gasteiger partial charge in [-0.25, -0.2) is 8.42 Å². The van der Waals surface area contributed by atoms with E-state index in [2.05, 4.69) is 15.5 Å². The highest BCUT2D eigenvalue weighted by atomic mass is 32.2. The first-order valence-electron chi connectivity index (χ1n) is 5.24. The fraction of sp³-hybridized carbons (Fsp3) is 0.667. The molecule has 0 aliphatic rings. The van der Waals surface area contributed by atoms with Gasteiger partial charge in [-0.3, -0.25) is 4.79 Å². The summed E-state index contributed by atoms with van der Waals surface area (Å²) in [6.45, 7) is 2.37. The number of carbonyl (C=O) groups is 1. The molecule has 1 rings (SSSR count). The lowest BCUT2D eigenvalue weighted by atomic mass is 10.5. The van der Waals surface area contributed by atoms with Gasteiger partial charge in [-0.2, -0.15) is 0 Å². The third kappa shape index (κ3) is 6.92. The second-order valence-electron chi connectivity index (χ2n) is 3.71. The molecule has 0 aliphatic heterocycles. The number of amides is 1. The van der Waals surface area contributed by atoms with Gasteiger partial charge < -0.3 is 5.32 Å². The first-order valence-corrected chi connectivity index (χ1v) is 9.10. The molecule has 6 nitrogen and oxygen atoms in total. The topological polar surface area (TPSA) is 89.0 Å². The molecule has 1 aromatic heterocycles. The Hall–Kier alpha value is -0.670. The summed E-state index contributed by atoms with van der Waals surface area (Å²) in [5.41, 5.74) is 0. The van der Waals surface area contributed by atoms with Crippen molar-refractivity contribution >= 4 is 38.8 Å². The summed E-state index contributed by atoms with van der Waals surface area (Å²) in [5, 5.41) is 11.4. The minimum Gasteiger partial charge on any atom is -0.355 e. The molecule has 0 spiro atoms. The van der Waals surface area contributed by atoms with E-state index in [1.807, 2.05) is 6.92 Å². The summed E-state index contributed by atoms with van der Waals surface area (Å²) in [4.78, 5) is 11.2. The van der Waals surface area contributed by atoms with Crippen molar-refractivity contribution in [2.24, 2.45) is 0 Å². The number of hydrogen-bond donors (Lipinski definition) is 1. The SMILES string of the molecule is Cc1nnc(SCCCNC(=O)CS(C)(=O)=O)s1. The average molecular weight is 309 g/mol. The fourth-order valence-corrected chi connectivity index (χ4v) is 3.49. The van der Waals surface area contributed by atoms with Crippen LogP contribution in [-0.2, 0) is 14.6 Å². The van der Waals surface area contributed by atoms with Crippen LogP contribution < -0.4 is 5.32 Å². The molecule has 1 heterocycles. The van der Waals surface area contributed by atoms with E-state index in [4.69, 9.17) is 0 Å². The first-order chi connectivity index (χ1) is 8.37. The molecule has 0 aliphatic carbocycles. The van der Waals surface area contributed by atoms with E-state index < -0.39 is 21.5 Å². The number of aromatic nitrogens is 2. The van der Waals surface area contributed by atoms with Crippen LogP contribution >= 0.6 is 23.1 Å². The molecule has 1 aromatic rings. The Bertz CT molecular complexity index is 498. The Labute approximate surface area is 114 Å². The van der Waals surface area contributed by atoms with E-state index in [1.165, 1.54) is 11.3 Å². The van der Waals surface area contributed by atoms with Crippen LogP contribution in [0.3, 0.4) is 0 Å².